The quantitative estimate of drug-likeness (QED) is 0.658. The molecule has 2 heterocycles. The van der Waals surface area contributed by atoms with Crippen LogP contribution < -0.4 is 4.90 Å². The summed E-state index contributed by atoms with van der Waals surface area (Å²) in [4.78, 5) is 8.90. The Morgan fingerprint density at radius 1 is 1.35 bits per heavy atom. The molecular weight excluding hydrogens is 234 g/mol. The van der Waals surface area contributed by atoms with Crippen molar-refractivity contribution < 1.29 is 0 Å². The first-order chi connectivity index (χ1) is 8.16. The lowest BCUT2D eigenvalue weighted by atomic mass is 10.1. The van der Waals surface area contributed by atoms with E-state index in [1.54, 1.807) is 0 Å². The number of hydrogen-bond donors (Lipinski definition) is 0. The maximum atomic E-state index is 6.26. The first-order valence-electron chi connectivity index (χ1n) is 5.95. The highest BCUT2D eigenvalue weighted by Crippen LogP contribution is 2.34. The van der Waals surface area contributed by atoms with E-state index in [1.165, 1.54) is 16.8 Å². The molecule has 0 saturated heterocycles. The van der Waals surface area contributed by atoms with Gasteiger partial charge in [0, 0.05) is 19.1 Å². The van der Waals surface area contributed by atoms with Gasteiger partial charge in [0.05, 0.1) is 12.2 Å². The SMILES string of the molecule is CC1CN2C(Cl)=NCc3cccc(c32)CN1C. The van der Waals surface area contributed by atoms with Crippen LogP contribution in [0.1, 0.15) is 18.1 Å². The summed E-state index contributed by atoms with van der Waals surface area (Å²) in [6.45, 7) is 4.81. The highest BCUT2D eigenvalue weighted by atomic mass is 35.5. The molecule has 0 aliphatic carbocycles. The minimum atomic E-state index is 0.470. The Kier molecular flexibility index (Phi) is 2.60. The number of nitrogens with zero attached hydrogens (tertiary/aromatic N) is 3. The first-order valence-corrected chi connectivity index (χ1v) is 6.33. The highest BCUT2D eigenvalue weighted by molar-refractivity contribution is 6.68. The Bertz CT molecular complexity index is 484. The molecule has 90 valence electrons. The molecule has 0 aromatic heterocycles. The predicted molar refractivity (Wildman–Crippen MR) is 71.7 cm³/mol. The van der Waals surface area contributed by atoms with Crippen LogP contribution in [0.4, 0.5) is 5.69 Å². The van der Waals surface area contributed by atoms with Crippen LogP contribution in [0.3, 0.4) is 0 Å². The van der Waals surface area contributed by atoms with Crippen molar-refractivity contribution in [2.45, 2.75) is 26.1 Å². The molecule has 0 bridgehead atoms. The first kappa shape index (κ1) is 11.1. The van der Waals surface area contributed by atoms with Crippen molar-refractivity contribution in [1.82, 2.24) is 4.90 Å². The maximum Gasteiger partial charge on any atom is 0.198 e. The van der Waals surface area contributed by atoms with E-state index in [9.17, 15) is 0 Å². The topological polar surface area (TPSA) is 18.8 Å². The monoisotopic (exact) mass is 249 g/mol. The molecule has 0 spiro atoms. The van der Waals surface area contributed by atoms with Gasteiger partial charge in [0.2, 0.25) is 0 Å². The van der Waals surface area contributed by atoms with E-state index in [0.29, 0.717) is 17.9 Å². The molecule has 17 heavy (non-hydrogen) atoms. The molecule has 0 N–H and O–H groups in total. The average molecular weight is 250 g/mol. The summed E-state index contributed by atoms with van der Waals surface area (Å²) in [5, 5.41) is 0.632. The molecule has 0 amide bonds. The van der Waals surface area contributed by atoms with Crippen LogP contribution in [-0.4, -0.2) is 29.8 Å². The van der Waals surface area contributed by atoms with Crippen molar-refractivity contribution in [2.24, 2.45) is 4.99 Å². The van der Waals surface area contributed by atoms with Crippen LogP contribution in [0, 0.1) is 0 Å². The number of hydrogen-bond acceptors (Lipinski definition) is 3. The Balaban J connectivity index is 2.15. The lowest BCUT2D eigenvalue weighted by Crippen LogP contribution is -2.40. The van der Waals surface area contributed by atoms with Crippen LogP contribution in [0.5, 0.6) is 0 Å². The smallest absolute Gasteiger partial charge is 0.198 e. The summed E-state index contributed by atoms with van der Waals surface area (Å²) in [6.07, 6.45) is 0. The van der Waals surface area contributed by atoms with Crippen LogP contribution in [0.2, 0.25) is 0 Å². The lowest BCUT2D eigenvalue weighted by Gasteiger charge is -2.30. The third-order valence-corrected chi connectivity index (χ3v) is 4.02. The van der Waals surface area contributed by atoms with Crippen molar-refractivity contribution in [3.63, 3.8) is 0 Å². The molecule has 0 radical (unpaired) electrons. The van der Waals surface area contributed by atoms with E-state index in [2.05, 4.69) is 47.0 Å². The molecule has 1 aromatic carbocycles. The maximum absolute atomic E-state index is 6.26. The second-order valence-corrected chi connectivity index (χ2v) is 5.22. The van der Waals surface area contributed by atoms with Gasteiger partial charge in [-0.3, -0.25) is 9.89 Å². The third kappa shape index (κ3) is 1.74. The summed E-state index contributed by atoms with van der Waals surface area (Å²) >= 11 is 6.26. The zero-order valence-corrected chi connectivity index (χ0v) is 10.9. The Morgan fingerprint density at radius 3 is 2.94 bits per heavy atom. The van der Waals surface area contributed by atoms with E-state index < -0.39 is 0 Å². The second-order valence-electron chi connectivity index (χ2n) is 4.88. The van der Waals surface area contributed by atoms with Gasteiger partial charge >= 0.3 is 0 Å². The summed E-state index contributed by atoms with van der Waals surface area (Å²) in [5.74, 6) is 0. The Morgan fingerprint density at radius 2 is 2.12 bits per heavy atom. The third-order valence-electron chi connectivity index (χ3n) is 3.69. The number of aliphatic imine (C=N–C) groups is 1. The van der Waals surface area contributed by atoms with Gasteiger partial charge in [0.15, 0.2) is 5.29 Å². The van der Waals surface area contributed by atoms with Crippen LogP contribution in [-0.2, 0) is 13.1 Å². The van der Waals surface area contributed by atoms with Crippen molar-refractivity contribution >= 4 is 22.6 Å². The minimum Gasteiger partial charge on any atom is -0.315 e. The number of benzene rings is 1. The van der Waals surface area contributed by atoms with Gasteiger partial charge in [-0.1, -0.05) is 18.2 Å². The van der Waals surface area contributed by atoms with Gasteiger partial charge in [-0.25, -0.2) is 0 Å². The number of amidine groups is 1. The molecule has 0 saturated carbocycles. The fraction of sp³-hybridized carbons (Fsp3) is 0.462. The van der Waals surface area contributed by atoms with Gasteiger partial charge in [0.25, 0.3) is 0 Å². The van der Waals surface area contributed by atoms with Gasteiger partial charge < -0.3 is 4.90 Å². The number of halogens is 1. The van der Waals surface area contributed by atoms with Crippen LogP contribution in [0.25, 0.3) is 0 Å². The fourth-order valence-corrected chi connectivity index (χ4v) is 2.78. The van der Waals surface area contributed by atoms with Gasteiger partial charge in [-0.2, -0.15) is 0 Å². The van der Waals surface area contributed by atoms with E-state index in [1.807, 2.05) is 0 Å². The zero-order chi connectivity index (χ0) is 12.0. The standard InChI is InChI=1S/C13H16ClN3/c1-9-7-17-12-10(6-15-13(17)14)4-3-5-11(12)8-16(9)2/h3-5,9H,6-8H2,1-2H3. The van der Waals surface area contributed by atoms with Gasteiger partial charge in [-0.15, -0.1) is 0 Å². The van der Waals surface area contributed by atoms with Crippen molar-refractivity contribution in [1.29, 1.82) is 0 Å². The predicted octanol–water partition coefficient (Wildman–Crippen LogP) is 2.44. The number of likely N-dealkylation sites (N-methyl/N-ethyl adjacent to an activating group) is 1. The molecule has 2 aliphatic rings. The molecule has 2 aliphatic heterocycles. The molecular formula is C13H16ClN3. The molecule has 1 atom stereocenters. The Hall–Kier alpha value is -1.06. The molecule has 1 aromatic rings. The van der Waals surface area contributed by atoms with Crippen LogP contribution >= 0.6 is 11.6 Å². The molecule has 0 fully saturated rings. The Labute approximate surface area is 107 Å². The van der Waals surface area contributed by atoms with Crippen molar-refractivity contribution in [2.75, 3.05) is 18.5 Å². The van der Waals surface area contributed by atoms with E-state index >= 15 is 0 Å². The molecule has 3 rings (SSSR count). The van der Waals surface area contributed by atoms with E-state index in [-0.39, 0.29) is 0 Å². The molecule has 4 heteroatoms. The summed E-state index contributed by atoms with van der Waals surface area (Å²) in [5.41, 5.74) is 3.92. The lowest BCUT2D eigenvalue weighted by molar-refractivity contribution is 0.262. The van der Waals surface area contributed by atoms with Crippen molar-refractivity contribution in [3.8, 4) is 0 Å². The van der Waals surface area contributed by atoms with Gasteiger partial charge in [-0.05, 0) is 36.7 Å². The minimum absolute atomic E-state index is 0.470. The number of rotatable bonds is 0. The normalized spacial score (nSPS) is 24.1. The average Bonchev–Trinajstić information content (AvgIpc) is 2.44. The summed E-state index contributed by atoms with van der Waals surface area (Å²) < 4.78 is 0. The van der Waals surface area contributed by atoms with Crippen molar-refractivity contribution in [3.05, 3.63) is 29.3 Å². The number of para-hydroxylation sites is 1. The summed E-state index contributed by atoms with van der Waals surface area (Å²) in [6, 6.07) is 6.92. The summed E-state index contributed by atoms with van der Waals surface area (Å²) in [7, 11) is 2.16. The fourth-order valence-electron chi connectivity index (χ4n) is 2.57. The number of anilines is 1. The van der Waals surface area contributed by atoms with Gasteiger partial charge in [0.1, 0.15) is 0 Å². The largest absolute Gasteiger partial charge is 0.315 e. The second kappa shape index (κ2) is 4.00. The van der Waals surface area contributed by atoms with E-state index in [0.717, 1.165) is 13.1 Å². The molecule has 3 nitrogen and oxygen atoms in total. The zero-order valence-electron chi connectivity index (χ0n) is 10.2. The van der Waals surface area contributed by atoms with E-state index in [4.69, 9.17) is 11.6 Å². The van der Waals surface area contributed by atoms with Crippen LogP contribution in [0.15, 0.2) is 23.2 Å². The molecule has 1 unspecified atom stereocenters. The highest BCUT2D eigenvalue weighted by Gasteiger charge is 2.29.